The van der Waals surface area contributed by atoms with Crippen molar-refractivity contribution < 1.29 is 9.66 Å². The van der Waals surface area contributed by atoms with E-state index >= 15 is 0 Å². The zero-order chi connectivity index (χ0) is 13.0. The molecule has 0 saturated heterocycles. The Morgan fingerprint density at radius 3 is 2.94 bits per heavy atom. The van der Waals surface area contributed by atoms with Gasteiger partial charge in [-0.25, -0.2) is 0 Å². The van der Waals surface area contributed by atoms with Crippen LogP contribution >= 0.6 is 0 Å². The van der Waals surface area contributed by atoms with Gasteiger partial charge in [-0.15, -0.1) is 0 Å². The number of rotatable bonds is 5. The first kappa shape index (κ1) is 12.3. The largest absolute Gasteiger partial charge is 0.383 e. The highest BCUT2D eigenvalue weighted by Crippen LogP contribution is 2.30. The molecule has 0 aliphatic heterocycles. The third-order valence-electron chi connectivity index (χ3n) is 2.61. The minimum Gasteiger partial charge on any atom is -0.383 e. The van der Waals surface area contributed by atoms with Crippen LogP contribution in [-0.4, -0.2) is 30.2 Å². The Hall–Kier alpha value is -2.21. The van der Waals surface area contributed by atoms with Crippen molar-refractivity contribution in [3.8, 4) is 0 Å². The average molecular weight is 247 g/mol. The van der Waals surface area contributed by atoms with Gasteiger partial charge < -0.3 is 10.1 Å². The summed E-state index contributed by atoms with van der Waals surface area (Å²) in [4.78, 5) is 14.6. The van der Waals surface area contributed by atoms with E-state index in [0.717, 1.165) is 11.1 Å². The number of hydrogen-bond donors (Lipinski definition) is 1. The maximum atomic E-state index is 10.9. The molecule has 6 nitrogen and oxygen atoms in total. The SMILES string of the molecule is COCCNc1ccc([N+](=O)[O-])c2ccncc12. The van der Waals surface area contributed by atoms with Gasteiger partial charge in [-0.2, -0.15) is 0 Å². The number of anilines is 1. The molecule has 0 atom stereocenters. The smallest absolute Gasteiger partial charge is 0.277 e. The first-order valence-electron chi connectivity index (χ1n) is 5.48. The summed E-state index contributed by atoms with van der Waals surface area (Å²) >= 11 is 0. The number of aromatic nitrogens is 1. The molecular weight excluding hydrogens is 234 g/mol. The number of ether oxygens (including phenoxy) is 1. The highest BCUT2D eigenvalue weighted by molar-refractivity contribution is 5.99. The van der Waals surface area contributed by atoms with Crippen LogP contribution < -0.4 is 5.32 Å². The van der Waals surface area contributed by atoms with E-state index in [4.69, 9.17) is 4.74 Å². The monoisotopic (exact) mass is 247 g/mol. The Bertz CT molecular complexity index is 571. The number of pyridine rings is 1. The van der Waals surface area contributed by atoms with Gasteiger partial charge in [0, 0.05) is 43.2 Å². The molecule has 94 valence electrons. The molecule has 0 radical (unpaired) electrons. The molecule has 0 amide bonds. The fourth-order valence-corrected chi connectivity index (χ4v) is 1.78. The second-order valence-electron chi connectivity index (χ2n) is 3.73. The van der Waals surface area contributed by atoms with Gasteiger partial charge >= 0.3 is 0 Å². The van der Waals surface area contributed by atoms with Crippen molar-refractivity contribution in [2.45, 2.75) is 0 Å². The van der Waals surface area contributed by atoms with Gasteiger partial charge in [-0.1, -0.05) is 0 Å². The highest BCUT2D eigenvalue weighted by Gasteiger charge is 2.13. The van der Waals surface area contributed by atoms with Gasteiger partial charge in [0.2, 0.25) is 0 Å². The van der Waals surface area contributed by atoms with Crippen LogP contribution in [0.5, 0.6) is 0 Å². The number of nitrogens with one attached hydrogen (secondary N) is 1. The van der Waals surface area contributed by atoms with Crippen LogP contribution in [0.2, 0.25) is 0 Å². The average Bonchev–Trinajstić information content (AvgIpc) is 2.38. The Labute approximate surface area is 104 Å². The molecule has 0 spiro atoms. The normalized spacial score (nSPS) is 10.5. The molecular formula is C12H13N3O3. The second kappa shape index (κ2) is 5.42. The number of hydrogen-bond acceptors (Lipinski definition) is 5. The lowest BCUT2D eigenvalue weighted by Gasteiger charge is -2.09. The summed E-state index contributed by atoms with van der Waals surface area (Å²) in [5.74, 6) is 0. The molecule has 0 aliphatic rings. The summed E-state index contributed by atoms with van der Waals surface area (Å²) in [7, 11) is 1.62. The molecule has 0 saturated carbocycles. The maximum absolute atomic E-state index is 10.9. The zero-order valence-electron chi connectivity index (χ0n) is 9.92. The number of non-ortho nitro benzene ring substituents is 1. The molecule has 0 fully saturated rings. The predicted molar refractivity (Wildman–Crippen MR) is 68.8 cm³/mol. The minimum absolute atomic E-state index is 0.0877. The molecule has 1 heterocycles. The van der Waals surface area contributed by atoms with Gasteiger partial charge in [-0.3, -0.25) is 15.1 Å². The number of benzene rings is 1. The highest BCUT2D eigenvalue weighted by atomic mass is 16.6. The quantitative estimate of drug-likeness (QED) is 0.498. The van der Waals surface area contributed by atoms with Crippen molar-refractivity contribution in [2.24, 2.45) is 0 Å². The zero-order valence-corrected chi connectivity index (χ0v) is 9.92. The van der Waals surface area contributed by atoms with Gasteiger partial charge in [0.1, 0.15) is 0 Å². The summed E-state index contributed by atoms with van der Waals surface area (Å²) < 4.78 is 4.95. The van der Waals surface area contributed by atoms with E-state index in [0.29, 0.717) is 18.5 Å². The summed E-state index contributed by atoms with van der Waals surface area (Å²) in [6.45, 7) is 1.21. The second-order valence-corrected chi connectivity index (χ2v) is 3.73. The van der Waals surface area contributed by atoms with Crippen LogP contribution in [0.15, 0.2) is 30.6 Å². The third-order valence-corrected chi connectivity index (χ3v) is 2.61. The summed E-state index contributed by atoms with van der Waals surface area (Å²) in [6, 6.07) is 4.84. The molecule has 1 aromatic carbocycles. The molecule has 0 unspecified atom stereocenters. The number of methoxy groups -OCH3 is 1. The minimum atomic E-state index is -0.388. The fraction of sp³-hybridized carbons (Fsp3) is 0.250. The summed E-state index contributed by atoms with van der Waals surface area (Å²) in [6.07, 6.45) is 3.17. The topological polar surface area (TPSA) is 77.3 Å². The van der Waals surface area contributed by atoms with E-state index in [1.807, 2.05) is 0 Å². The molecule has 2 aromatic rings. The van der Waals surface area contributed by atoms with E-state index in [9.17, 15) is 10.1 Å². The van der Waals surface area contributed by atoms with Gasteiger partial charge in [-0.05, 0) is 12.1 Å². The molecule has 0 aliphatic carbocycles. The van der Waals surface area contributed by atoms with Crippen LogP contribution in [0.1, 0.15) is 0 Å². The Morgan fingerprint density at radius 2 is 2.22 bits per heavy atom. The first-order valence-corrected chi connectivity index (χ1v) is 5.48. The van der Waals surface area contributed by atoms with Crippen LogP contribution in [-0.2, 0) is 4.74 Å². The summed E-state index contributed by atoms with van der Waals surface area (Å²) in [5, 5.41) is 15.4. The molecule has 18 heavy (non-hydrogen) atoms. The molecule has 6 heteroatoms. The standard InChI is InChI=1S/C12H13N3O3/c1-18-7-6-14-11-2-3-12(15(16)17)9-4-5-13-8-10(9)11/h2-5,8,14H,6-7H2,1H3. The van der Waals surface area contributed by atoms with E-state index in [1.165, 1.54) is 6.07 Å². The first-order chi connectivity index (χ1) is 8.74. The Kier molecular flexibility index (Phi) is 3.69. The number of fused-ring (bicyclic) bond motifs is 1. The van der Waals surface area contributed by atoms with Crippen molar-refractivity contribution in [3.05, 3.63) is 40.7 Å². The van der Waals surface area contributed by atoms with Crippen molar-refractivity contribution >= 4 is 22.1 Å². The number of nitro groups is 1. The van der Waals surface area contributed by atoms with Crippen molar-refractivity contribution in [3.63, 3.8) is 0 Å². The molecule has 1 aromatic heterocycles. The third kappa shape index (κ3) is 2.38. The van der Waals surface area contributed by atoms with E-state index in [2.05, 4.69) is 10.3 Å². The van der Waals surface area contributed by atoms with Crippen LogP contribution in [0.4, 0.5) is 11.4 Å². The number of nitrogens with zero attached hydrogens (tertiary/aromatic N) is 2. The Morgan fingerprint density at radius 1 is 1.39 bits per heavy atom. The van der Waals surface area contributed by atoms with E-state index < -0.39 is 0 Å². The summed E-state index contributed by atoms with van der Waals surface area (Å²) in [5.41, 5.74) is 0.908. The van der Waals surface area contributed by atoms with Gasteiger partial charge in [0.25, 0.3) is 5.69 Å². The van der Waals surface area contributed by atoms with E-state index in [-0.39, 0.29) is 10.6 Å². The van der Waals surface area contributed by atoms with Crippen molar-refractivity contribution in [2.75, 3.05) is 25.6 Å². The van der Waals surface area contributed by atoms with Crippen molar-refractivity contribution in [1.29, 1.82) is 0 Å². The lowest BCUT2D eigenvalue weighted by Crippen LogP contribution is -2.08. The fourth-order valence-electron chi connectivity index (χ4n) is 1.78. The molecule has 1 N–H and O–H groups in total. The van der Waals surface area contributed by atoms with Crippen LogP contribution in [0.3, 0.4) is 0 Å². The van der Waals surface area contributed by atoms with Crippen LogP contribution in [0, 0.1) is 10.1 Å². The van der Waals surface area contributed by atoms with Crippen molar-refractivity contribution in [1.82, 2.24) is 4.98 Å². The van der Waals surface area contributed by atoms with Gasteiger partial charge in [0.05, 0.1) is 16.9 Å². The van der Waals surface area contributed by atoms with Gasteiger partial charge in [0.15, 0.2) is 0 Å². The lowest BCUT2D eigenvalue weighted by molar-refractivity contribution is -0.383. The maximum Gasteiger partial charge on any atom is 0.277 e. The molecule has 2 rings (SSSR count). The van der Waals surface area contributed by atoms with E-state index in [1.54, 1.807) is 31.6 Å². The molecule has 0 bridgehead atoms. The number of nitro benzene ring substituents is 1. The van der Waals surface area contributed by atoms with Crippen LogP contribution in [0.25, 0.3) is 10.8 Å². The Balaban J connectivity index is 2.44. The predicted octanol–water partition coefficient (Wildman–Crippen LogP) is 2.20. The lowest BCUT2D eigenvalue weighted by atomic mass is 10.1.